The van der Waals surface area contributed by atoms with Gasteiger partial charge in [-0.1, -0.05) is 55.5 Å². The molecule has 0 aliphatic carbocycles. The molecular formula is C23H25N3O3. The number of aryl methyl sites for hydroxylation is 1. The average molecular weight is 391 g/mol. The molecule has 3 aromatic rings. The molecule has 0 saturated carbocycles. The van der Waals surface area contributed by atoms with E-state index in [0.29, 0.717) is 18.4 Å². The molecule has 0 radical (unpaired) electrons. The van der Waals surface area contributed by atoms with Crippen LogP contribution in [0.2, 0.25) is 0 Å². The number of aliphatic carboxylic acids is 1. The third-order valence-electron chi connectivity index (χ3n) is 5.22. The molecule has 29 heavy (non-hydrogen) atoms. The Labute approximate surface area is 170 Å². The molecule has 0 bridgehead atoms. The first-order valence-corrected chi connectivity index (χ1v) is 9.70. The number of aromatic nitrogens is 2. The van der Waals surface area contributed by atoms with Gasteiger partial charge in [0, 0.05) is 19.2 Å². The minimum atomic E-state index is -1.13. The van der Waals surface area contributed by atoms with Gasteiger partial charge in [-0.15, -0.1) is 0 Å². The second kappa shape index (κ2) is 9.19. The van der Waals surface area contributed by atoms with Crippen LogP contribution in [0.25, 0.3) is 5.69 Å². The number of carbonyl (C=O) groups is 2. The van der Waals surface area contributed by atoms with E-state index in [9.17, 15) is 14.7 Å². The number of carboxylic acid groups (broad SMARTS) is 1. The van der Waals surface area contributed by atoms with Gasteiger partial charge in [0.05, 0.1) is 11.9 Å². The molecule has 150 valence electrons. The largest absolute Gasteiger partial charge is 0.481 e. The van der Waals surface area contributed by atoms with Crippen molar-refractivity contribution in [3.8, 4) is 5.69 Å². The van der Waals surface area contributed by atoms with Crippen LogP contribution < -0.4 is 5.32 Å². The van der Waals surface area contributed by atoms with Gasteiger partial charge in [0.2, 0.25) is 5.91 Å². The third kappa shape index (κ3) is 4.71. The number of nitrogens with one attached hydrogen (secondary N) is 1. The zero-order valence-corrected chi connectivity index (χ0v) is 16.4. The van der Waals surface area contributed by atoms with Crippen molar-refractivity contribution in [2.24, 2.45) is 0 Å². The van der Waals surface area contributed by atoms with Crippen molar-refractivity contribution in [2.75, 3.05) is 6.54 Å². The zero-order chi connectivity index (χ0) is 20.7. The summed E-state index contributed by atoms with van der Waals surface area (Å²) in [5.41, 5.74) is 1.47. The lowest BCUT2D eigenvalue weighted by Gasteiger charge is -2.29. The first kappa shape index (κ1) is 20.3. The van der Waals surface area contributed by atoms with E-state index in [1.54, 1.807) is 23.0 Å². The standard InChI is InChI=1S/C23H25N3O3/c1-2-23(22(28)29,19-9-5-3-6-10-19)17-24-21(27)14-13-18-15-25-26(16-18)20-11-7-4-8-12-20/h3-12,15-16H,2,13-14,17H2,1H3,(H,24,27)(H,28,29). The Morgan fingerprint density at radius 2 is 1.72 bits per heavy atom. The fourth-order valence-electron chi connectivity index (χ4n) is 3.35. The predicted molar refractivity (Wildman–Crippen MR) is 111 cm³/mol. The van der Waals surface area contributed by atoms with E-state index in [4.69, 9.17) is 0 Å². The summed E-state index contributed by atoms with van der Waals surface area (Å²) in [6.45, 7) is 1.89. The molecule has 2 N–H and O–H groups in total. The highest BCUT2D eigenvalue weighted by Gasteiger charge is 2.38. The van der Waals surface area contributed by atoms with E-state index < -0.39 is 11.4 Å². The van der Waals surface area contributed by atoms with Crippen LogP contribution in [0.4, 0.5) is 0 Å². The number of hydrogen-bond acceptors (Lipinski definition) is 3. The highest BCUT2D eigenvalue weighted by molar-refractivity contribution is 5.83. The van der Waals surface area contributed by atoms with E-state index >= 15 is 0 Å². The maximum atomic E-state index is 12.4. The van der Waals surface area contributed by atoms with Crippen molar-refractivity contribution < 1.29 is 14.7 Å². The fraction of sp³-hybridized carbons (Fsp3) is 0.261. The van der Waals surface area contributed by atoms with Crippen LogP contribution in [0, 0.1) is 0 Å². The molecule has 1 heterocycles. The lowest BCUT2D eigenvalue weighted by Crippen LogP contribution is -2.46. The quantitative estimate of drug-likeness (QED) is 0.586. The molecular weight excluding hydrogens is 366 g/mol. The zero-order valence-electron chi connectivity index (χ0n) is 16.4. The maximum Gasteiger partial charge on any atom is 0.315 e. The minimum Gasteiger partial charge on any atom is -0.481 e. The van der Waals surface area contributed by atoms with Gasteiger partial charge >= 0.3 is 5.97 Å². The second-order valence-corrected chi connectivity index (χ2v) is 7.01. The van der Waals surface area contributed by atoms with Gasteiger partial charge in [0.1, 0.15) is 5.41 Å². The first-order chi connectivity index (χ1) is 14.0. The van der Waals surface area contributed by atoms with Crippen molar-refractivity contribution >= 4 is 11.9 Å². The highest BCUT2D eigenvalue weighted by Crippen LogP contribution is 2.28. The number of rotatable bonds is 9. The van der Waals surface area contributed by atoms with E-state index in [-0.39, 0.29) is 18.9 Å². The van der Waals surface area contributed by atoms with Crippen LogP contribution in [0.15, 0.2) is 73.1 Å². The molecule has 0 fully saturated rings. The Kier molecular flexibility index (Phi) is 6.44. The van der Waals surface area contributed by atoms with E-state index in [2.05, 4.69) is 10.4 Å². The number of benzene rings is 2. The van der Waals surface area contributed by atoms with Crippen LogP contribution in [0.1, 0.15) is 30.9 Å². The number of nitrogens with zero attached hydrogens (tertiary/aromatic N) is 2. The lowest BCUT2D eigenvalue weighted by atomic mass is 9.78. The third-order valence-corrected chi connectivity index (χ3v) is 5.22. The molecule has 0 saturated heterocycles. The van der Waals surface area contributed by atoms with Gasteiger partial charge in [-0.2, -0.15) is 5.10 Å². The molecule has 6 nitrogen and oxygen atoms in total. The molecule has 0 spiro atoms. The van der Waals surface area contributed by atoms with Gasteiger partial charge in [0.15, 0.2) is 0 Å². The van der Waals surface area contributed by atoms with Crippen LogP contribution in [0.5, 0.6) is 0 Å². The van der Waals surface area contributed by atoms with Crippen molar-refractivity contribution in [1.29, 1.82) is 0 Å². The Bertz CT molecular complexity index is 954. The van der Waals surface area contributed by atoms with Crippen molar-refractivity contribution in [2.45, 2.75) is 31.6 Å². The van der Waals surface area contributed by atoms with Gasteiger partial charge in [-0.3, -0.25) is 9.59 Å². The number of carboxylic acids is 1. The molecule has 1 atom stereocenters. The summed E-state index contributed by atoms with van der Waals surface area (Å²) >= 11 is 0. The summed E-state index contributed by atoms with van der Waals surface area (Å²) in [6.07, 6.45) is 4.85. The summed E-state index contributed by atoms with van der Waals surface area (Å²) in [7, 11) is 0. The Hall–Kier alpha value is -3.41. The molecule has 1 amide bonds. The number of hydrogen-bond donors (Lipinski definition) is 2. The van der Waals surface area contributed by atoms with Crippen LogP contribution >= 0.6 is 0 Å². The Balaban J connectivity index is 1.59. The van der Waals surface area contributed by atoms with Crippen molar-refractivity contribution in [3.63, 3.8) is 0 Å². The van der Waals surface area contributed by atoms with Gasteiger partial charge in [-0.25, -0.2) is 4.68 Å². The molecule has 0 aliphatic rings. The molecule has 3 rings (SSSR count). The number of carbonyl (C=O) groups excluding carboxylic acids is 1. The van der Waals surface area contributed by atoms with E-state index in [1.807, 2.05) is 61.7 Å². The summed E-state index contributed by atoms with van der Waals surface area (Å²) in [6, 6.07) is 18.8. The Morgan fingerprint density at radius 1 is 1.07 bits per heavy atom. The van der Waals surface area contributed by atoms with Gasteiger partial charge in [-0.05, 0) is 36.1 Å². The normalized spacial score (nSPS) is 12.9. The summed E-state index contributed by atoms with van der Waals surface area (Å²) in [4.78, 5) is 24.4. The Morgan fingerprint density at radius 3 is 2.34 bits per heavy atom. The van der Waals surface area contributed by atoms with E-state index in [0.717, 1.165) is 11.3 Å². The molecule has 2 aromatic carbocycles. The highest BCUT2D eigenvalue weighted by atomic mass is 16.4. The van der Waals surface area contributed by atoms with E-state index in [1.165, 1.54) is 0 Å². The first-order valence-electron chi connectivity index (χ1n) is 9.70. The average Bonchev–Trinajstić information content (AvgIpc) is 3.23. The van der Waals surface area contributed by atoms with Crippen molar-refractivity contribution in [1.82, 2.24) is 15.1 Å². The minimum absolute atomic E-state index is 0.0605. The molecule has 0 aliphatic heterocycles. The topological polar surface area (TPSA) is 84.2 Å². The number of amides is 1. The van der Waals surface area contributed by atoms with Crippen molar-refractivity contribution in [3.05, 3.63) is 84.2 Å². The SMILES string of the molecule is CCC(CNC(=O)CCc1cnn(-c2ccccc2)c1)(C(=O)O)c1ccccc1. The lowest BCUT2D eigenvalue weighted by molar-refractivity contribution is -0.144. The van der Waals surface area contributed by atoms with Crippen LogP contribution in [-0.2, 0) is 21.4 Å². The summed E-state index contributed by atoms with van der Waals surface area (Å²) in [5, 5.41) is 17.0. The predicted octanol–water partition coefficient (Wildman–Crippen LogP) is 3.35. The molecule has 6 heteroatoms. The smallest absolute Gasteiger partial charge is 0.315 e. The molecule has 1 unspecified atom stereocenters. The summed E-state index contributed by atoms with van der Waals surface area (Å²) < 4.78 is 1.77. The van der Waals surface area contributed by atoms with Gasteiger partial charge in [0.25, 0.3) is 0 Å². The fourth-order valence-corrected chi connectivity index (χ4v) is 3.35. The molecule has 1 aromatic heterocycles. The van der Waals surface area contributed by atoms with Crippen LogP contribution in [0.3, 0.4) is 0 Å². The van der Waals surface area contributed by atoms with Crippen LogP contribution in [-0.4, -0.2) is 33.3 Å². The second-order valence-electron chi connectivity index (χ2n) is 7.01. The number of para-hydroxylation sites is 1. The van der Waals surface area contributed by atoms with Gasteiger partial charge < -0.3 is 10.4 Å². The summed E-state index contributed by atoms with van der Waals surface area (Å²) in [5.74, 6) is -1.11. The monoisotopic (exact) mass is 391 g/mol. The maximum absolute atomic E-state index is 12.4.